The first-order chi connectivity index (χ1) is 11.0. The summed E-state index contributed by atoms with van der Waals surface area (Å²) < 4.78 is 10.7. The van der Waals surface area contributed by atoms with Crippen molar-refractivity contribution in [3.05, 3.63) is 53.5 Å². The van der Waals surface area contributed by atoms with Gasteiger partial charge in [-0.2, -0.15) is 0 Å². The molecular weight excluding hydrogens is 294 g/mol. The van der Waals surface area contributed by atoms with E-state index >= 15 is 0 Å². The smallest absolute Gasteiger partial charge is 0.258 e. The molecule has 2 N–H and O–H groups in total. The van der Waals surface area contributed by atoms with E-state index in [1.54, 1.807) is 12.1 Å². The Morgan fingerprint density at radius 1 is 1.35 bits per heavy atom. The Balaban J connectivity index is 1.86. The molecule has 23 heavy (non-hydrogen) atoms. The Kier molecular flexibility index (Phi) is 5.82. The van der Waals surface area contributed by atoms with Gasteiger partial charge in [0.25, 0.3) is 5.91 Å². The van der Waals surface area contributed by atoms with Gasteiger partial charge in [0, 0.05) is 0 Å². The molecule has 1 aromatic carbocycles. The van der Waals surface area contributed by atoms with Gasteiger partial charge in [-0.25, -0.2) is 0 Å². The normalized spacial score (nSPS) is 12.2. The molecular formula is C18H23NO4. The number of nitrogens with one attached hydrogen (secondary N) is 1. The van der Waals surface area contributed by atoms with Crippen molar-refractivity contribution in [3.8, 4) is 5.75 Å². The number of aliphatic hydroxyl groups is 1. The van der Waals surface area contributed by atoms with Crippen molar-refractivity contribution in [2.45, 2.75) is 32.8 Å². The second-order valence-electron chi connectivity index (χ2n) is 5.82. The Hall–Kier alpha value is -2.27. The van der Waals surface area contributed by atoms with Crippen molar-refractivity contribution in [1.82, 2.24) is 5.32 Å². The number of rotatable bonds is 7. The third-order valence-electron chi connectivity index (χ3n) is 3.51. The van der Waals surface area contributed by atoms with E-state index in [1.165, 1.54) is 6.26 Å². The summed E-state index contributed by atoms with van der Waals surface area (Å²) >= 11 is 0. The van der Waals surface area contributed by atoms with E-state index in [1.807, 2.05) is 25.1 Å². The number of aryl methyl sites for hydroxylation is 1. The van der Waals surface area contributed by atoms with Gasteiger partial charge in [-0.05, 0) is 42.2 Å². The highest BCUT2D eigenvalue weighted by Gasteiger charge is 2.13. The van der Waals surface area contributed by atoms with Crippen LogP contribution in [0.25, 0.3) is 0 Å². The average Bonchev–Trinajstić information content (AvgIpc) is 3.04. The molecule has 1 atom stereocenters. The first-order valence-corrected chi connectivity index (χ1v) is 7.69. The fraction of sp³-hybridized carbons (Fsp3) is 0.389. The van der Waals surface area contributed by atoms with Crippen LogP contribution in [0.2, 0.25) is 0 Å². The van der Waals surface area contributed by atoms with Gasteiger partial charge in [-0.15, -0.1) is 0 Å². The topological polar surface area (TPSA) is 71.7 Å². The molecule has 0 saturated heterocycles. The summed E-state index contributed by atoms with van der Waals surface area (Å²) in [7, 11) is 0. The van der Waals surface area contributed by atoms with Crippen LogP contribution in [0, 0.1) is 6.92 Å². The lowest BCUT2D eigenvalue weighted by Crippen LogP contribution is -2.32. The summed E-state index contributed by atoms with van der Waals surface area (Å²) in [4.78, 5) is 11.9. The van der Waals surface area contributed by atoms with Crippen molar-refractivity contribution in [2.75, 3.05) is 13.2 Å². The van der Waals surface area contributed by atoms with E-state index in [9.17, 15) is 9.90 Å². The molecule has 1 heterocycles. The van der Waals surface area contributed by atoms with Crippen molar-refractivity contribution in [1.29, 1.82) is 0 Å². The van der Waals surface area contributed by atoms with Crippen molar-refractivity contribution in [2.24, 2.45) is 0 Å². The Morgan fingerprint density at radius 2 is 2.13 bits per heavy atom. The van der Waals surface area contributed by atoms with Gasteiger partial charge < -0.3 is 19.6 Å². The van der Waals surface area contributed by atoms with E-state index in [0.717, 1.165) is 16.9 Å². The Morgan fingerprint density at radius 3 is 2.78 bits per heavy atom. The van der Waals surface area contributed by atoms with Gasteiger partial charge >= 0.3 is 0 Å². The van der Waals surface area contributed by atoms with Crippen LogP contribution >= 0.6 is 0 Å². The van der Waals surface area contributed by atoms with Gasteiger partial charge in [0.2, 0.25) is 0 Å². The highest BCUT2D eigenvalue weighted by Crippen LogP contribution is 2.27. The molecule has 2 rings (SSSR count). The number of furan rings is 1. The molecule has 0 bridgehead atoms. The minimum atomic E-state index is -0.862. The number of hydrogen-bond donors (Lipinski definition) is 2. The summed E-state index contributed by atoms with van der Waals surface area (Å²) in [5, 5.41) is 12.5. The summed E-state index contributed by atoms with van der Waals surface area (Å²) in [6, 6.07) is 9.33. The first kappa shape index (κ1) is 17.1. The maximum Gasteiger partial charge on any atom is 0.258 e. The molecule has 0 radical (unpaired) electrons. The van der Waals surface area contributed by atoms with Crippen LogP contribution in [-0.2, 0) is 4.79 Å². The number of ether oxygens (including phenoxy) is 1. The standard InChI is InChI=1S/C18H23NO4/c1-12(2)14-7-6-13(3)9-17(14)23-11-18(21)19-10-15(20)16-5-4-8-22-16/h4-9,12,15,20H,10-11H2,1-3H3,(H,19,21). The first-order valence-electron chi connectivity index (χ1n) is 7.69. The van der Waals surface area contributed by atoms with E-state index < -0.39 is 6.10 Å². The third-order valence-corrected chi connectivity index (χ3v) is 3.51. The summed E-state index contributed by atoms with van der Waals surface area (Å²) in [6.45, 7) is 6.14. The molecule has 0 saturated carbocycles. The zero-order chi connectivity index (χ0) is 16.8. The van der Waals surface area contributed by atoms with E-state index in [-0.39, 0.29) is 19.1 Å². The molecule has 0 fully saturated rings. The third kappa shape index (κ3) is 4.86. The van der Waals surface area contributed by atoms with E-state index in [0.29, 0.717) is 11.7 Å². The fourth-order valence-corrected chi connectivity index (χ4v) is 2.23. The van der Waals surface area contributed by atoms with Crippen molar-refractivity contribution in [3.63, 3.8) is 0 Å². The van der Waals surface area contributed by atoms with Gasteiger partial charge in [0.15, 0.2) is 6.61 Å². The minimum absolute atomic E-state index is 0.0839. The Bertz CT molecular complexity index is 634. The van der Waals surface area contributed by atoms with Gasteiger partial charge in [-0.3, -0.25) is 4.79 Å². The minimum Gasteiger partial charge on any atom is -0.483 e. The SMILES string of the molecule is Cc1ccc(C(C)C)c(OCC(=O)NCC(O)c2ccco2)c1. The van der Waals surface area contributed by atoms with Crippen molar-refractivity contribution < 1.29 is 19.1 Å². The molecule has 1 amide bonds. The van der Waals surface area contributed by atoms with Crippen LogP contribution in [0.5, 0.6) is 5.75 Å². The number of hydrogen-bond acceptors (Lipinski definition) is 4. The molecule has 0 spiro atoms. The van der Waals surface area contributed by atoms with Crippen molar-refractivity contribution >= 4 is 5.91 Å². The van der Waals surface area contributed by atoms with Crippen LogP contribution < -0.4 is 10.1 Å². The van der Waals surface area contributed by atoms with Gasteiger partial charge in [0.1, 0.15) is 17.6 Å². The second kappa shape index (κ2) is 7.83. The van der Waals surface area contributed by atoms with Crippen LogP contribution in [-0.4, -0.2) is 24.2 Å². The van der Waals surface area contributed by atoms with Crippen LogP contribution in [0.1, 0.15) is 42.8 Å². The fourth-order valence-electron chi connectivity index (χ4n) is 2.23. The highest BCUT2D eigenvalue weighted by molar-refractivity contribution is 5.77. The molecule has 0 aliphatic carbocycles. The predicted octanol–water partition coefficient (Wildman–Crippen LogP) is 2.94. The molecule has 5 nitrogen and oxygen atoms in total. The maximum atomic E-state index is 11.9. The number of aliphatic hydroxyl groups excluding tert-OH is 1. The second-order valence-corrected chi connectivity index (χ2v) is 5.82. The summed E-state index contributed by atoms with van der Waals surface area (Å²) in [6.07, 6.45) is 0.619. The van der Waals surface area contributed by atoms with E-state index in [4.69, 9.17) is 9.15 Å². The molecule has 1 aromatic heterocycles. The largest absolute Gasteiger partial charge is 0.483 e. The van der Waals surface area contributed by atoms with Gasteiger partial charge in [-0.1, -0.05) is 26.0 Å². The number of carbonyl (C=O) groups excluding carboxylic acids is 1. The maximum absolute atomic E-state index is 11.9. The summed E-state index contributed by atoms with van der Waals surface area (Å²) in [5.41, 5.74) is 2.15. The predicted molar refractivity (Wildman–Crippen MR) is 87.4 cm³/mol. The Labute approximate surface area is 136 Å². The zero-order valence-corrected chi connectivity index (χ0v) is 13.7. The lowest BCUT2D eigenvalue weighted by molar-refractivity contribution is -0.123. The number of amides is 1. The lowest BCUT2D eigenvalue weighted by Gasteiger charge is -2.15. The highest BCUT2D eigenvalue weighted by atomic mass is 16.5. The molecule has 0 aliphatic heterocycles. The molecule has 1 unspecified atom stereocenters. The molecule has 2 aromatic rings. The van der Waals surface area contributed by atoms with Crippen LogP contribution in [0.4, 0.5) is 0 Å². The quantitative estimate of drug-likeness (QED) is 0.823. The molecule has 124 valence electrons. The van der Waals surface area contributed by atoms with Crippen LogP contribution in [0.15, 0.2) is 41.0 Å². The molecule has 5 heteroatoms. The molecule has 0 aliphatic rings. The van der Waals surface area contributed by atoms with E-state index in [2.05, 4.69) is 19.2 Å². The number of carbonyl (C=O) groups is 1. The summed E-state index contributed by atoms with van der Waals surface area (Å²) in [5.74, 6) is 1.18. The average molecular weight is 317 g/mol. The number of benzene rings is 1. The van der Waals surface area contributed by atoms with Gasteiger partial charge in [0.05, 0.1) is 12.8 Å². The van der Waals surface area contributed by atoms with Crippen LogP contribution in [0.3, 0.4) is 0 Å². The monoisotopic (exact) mass is 317 g/mol. The zero-order valence-electron chi connectivity index (χ0n) is 13.7. The lowest BCUT2D eigenvalue weighted by atomic mass is 10.0.